The molecule has 2 unspecified atom stereocenters. The number of aromatic nitrogens is 2. The van der Waals surface area contributed by atoms with E-state index in [-0.39, 0.29) is 0 Å². The van der Waals surface area contributed by atoms with Crippen LogP contribution in [0.3, 0.4) is 0 Å². The third-order valence-corrected chi connectivity index (χ3v) is 3.70. The third kappa shape index (κ3) is 2.19. The van der Waals surface area contributed by atoms with E-state index in [1.807, 2.05) is 6.20 Å². The van der Waals surface area contributed by atoms with Gasteiger partial charge in [0.15, 0.2) is 0 Å². The molecule has 1 aliphatic rings. The summed E-state index contributed by atoms with van der Waals surface area (Å²) in [6.07, 6.45) is 10.3. The van der Waals surface area contributed by atoms with Crippen molar-refractivity contribution < 1.29 is 0 Å². The lowest BCUT2D eigenvalue weighted by Crippen LogP contribution is -2.19. The summed E-state index contributed by atoms with van der Waals surface area (Å²) in [6, 6.07) is 0. The summed E-state index contributed by atoms with van der Waals surface area (Å²) in [7, 11) is 0. The molecule has 1 heterocycles. The van der Waals surface area contributed by atoms with Crippen LogP contribution in [0, 0.1) is 12.8 Å². The standard InChI is InChI=1S/C13H20N2/c1-3-11-6-4-5-7-12(11)13-10(2)14-8-9-15-13/h8-9,11-12H,3-7H2,1-2H3. The molecule has 1 aromatic rings. The van der Waals surface area contributed by atoms with E-state index in [0.29, 0.717) is 5.92 Å². The monoisotopic (exact) mass is 204 g/mol. The summed E-state index contributed by atoms with van der Waals surface area (Å²) in [5.41, 5.74) is 2.38. The molecule has 0 spiro atoms. The zero-order chi connectivity index (χ0) is 10.7. The lowest BCUT2D eigenvalue weighted by Gasteiger charge is -2.30. The van der Waals surface area contributed by atoms with E-state index in [9.17, 15) is 0 Å². The molecule has 0 radical (unpaired) electrons. The first-order chi connectivity index (χ1) is 7.33. The van der Waals surface area contributed by atoms with Crippen LogP contribution in [0.2, 0.25) is 0 Å². The molecule has 0 aromatic carbocycles. The Kier molecular flexibility index (Phi) is 3.34. The highest BCUT2D eigenvalue weighted by molar-refractivity contribution is 5.15. The quantitative estimate of drug-likeness (QED) is 0.737. The lowest BCUT2D eigenvalue weighted by molar-refractivity contribution is 0.293. The van der Waals surface area contributed by atoms with Crippen LogP contribution in [0.5, 0.6) is 0 Å². The fraction of sp³-hybridized carbons (Fsp3) is 0.692. The van der Waals surface area contributed by atoms with Crippen molar-refractivity contribution in [2.75, 3.05) is 0 Å². The van der Waals surface area contributed by atoms with Gasteiger partial charge in [-0.15, -0.1) is 0 Å². The fourth-order valence-corrected chi connectivity index (χ4v) is 2.84. The Morgan fingerprint density at radius 1 is 1.20 bits per heavy atom. The number of aryl methyl sites for hydroxylation is 1. The Bertz CT molecular complexity index is 322. The number of nitrogens with zero attached hydrogens (tertiary/aromatic N) is 2. The van der Waals surface area contributed by atoms with Crippen molar-refractivity contribution in [3.63, 3.8) is 0 Å². The van der Waals surface area contributed by atoms with Crippen LogP contribution in [0.4, 0.5) is 0 Å². The van der Waals surface area contributed by atoms with Crippen molar-refractivity contribution >= 4 is 0 Å². The van der Waals surface area contributed by atoms with Gasteiger partial charge in [-0.05, 0) is 25.7 Å². The predicted octanol–water partition coefficient (Wildman–Crippen LogP) is 3.47. The van der Waals surface area contributed by atoms with E-state index in [1.54, 1.807) is 6.20 Å². The highest BCUT2D eigenvalue weighted by Gasteiger charge is 2.27. The highest BCUT2D eigenvalue weighted by atomic mass is 14.8. The van der Waals surface area contributed by atoms with Gasteiger partial charge >= 0.3 is 0 Å². The number of rotatable bonds is 2. The molecule has 1 fully saturated rings. The van der Waals surface area contributed by atoms with Gasteiger partial charge in [-0.1, -0.05) is 26.2 Å². The van der Waals surface area contributed by atoms with E-state index >= 15 is 0 Å². The van der Waals surface area contributed by atoms with Crippen molar-refractivity contribution in [3.8, 4) is 0 Å². The van der Waals surface area contributed by atoms with Crippen LogP contribution in [-0.2, 0) is 0 Å². The minimum atomic E-state index is 0.664. The maximum absolute atomic E-state index is 4.54. The Morgan fingerprint density at radius 3 is 2.67 bits per heavy atom. The largest absolute Gasteiger partial charge is 0.258 e. The highest BCUT2D eigenvalue weighted by Crippen LogP contribution is 2.39. The fourth-order valence-electron chi connectivity index (χ4n) is 2.84. The molecule has 0 bridgehead atoms. The molecule has 0 N–H and O–H groups in total. The smallest absolute Gasteiger partial charge is 0.0649 e. The normalized spacial score (nSPS) is 26.5. The molecule has 2 heteroatoms. The maximum atomic E-state index is 4.54. The second-order valence-corrected chi connectivity index (χ2v) is 4.59. The average molecular weight is 204 g/mol. The summed E-state index contributed by atoms with van der Waals surface area (Å²) in [4.78, 5) is 8.90. The van der Waals surface area contributed by atoms with Gasteiger partial charge in [-0.25, -0.2) is 0 Å². The van der Waals surface area contributed by atoms with Crippen molar-refractivity contribution in [2.45, 2.75) is 51.9 Å². The van der Waals surface area contributed by atoms with Gasteiger partial charge < -0.3 is 0 Å². The molecule has 2 rings (SSSR count). The van der Waals surface area contributed by atoms with E-state index < -0.39 is 0 Å². The van der Waals surface area contributed by atoms with Gasteiger partial charge in [0, 0.05) is 18.3 Å². The molecular formula is C13H20N2. The van der Waals surface area contributed by atoms with Gasteiger partial charge in [-0.2, -0.15) is 0 Å². The van der Waals surface area contributed by atoms with Crippen LogP contribution in [0.25, 0.3) is 0 Å². The Balaban J connectivity index is 2.24. The Morgan fingerprint density at radius 2 is 1.93 bits per heavy atom. The van der Waals surface area contributed by atoms with Crippen LogP contribution >= 0.6 is 0 Å². The van der Waals surface area contributed by atoms with E-state index in [2.05, 4.69) is 23.8 Å². The summed E-state index contributed by atoms with van der Waals surface area (Å²) in [5.74, 6) is 1.49. The molecule has 1 aromatic heterocycles. The van der Waals surface area contributed by atoms with Gasteiger partial charge in [-0.3, -0.25) is 9.97 Å². The summed E-state index contributed by atoms with van der Waals surface area (Å²) in [5, 5.41) is 0. The molecule has 0 saturated heterocycles. The molecule has 0 aliphatic heterocycles. The maximum Gasteiger partial charge on any atom is 0.0649 e. The topological polar surface area (TPSA) is 25.8 Å². The SMILES string of the molecule is CCC1CCCCC1c1nccnc1C. The molecule has 1 aliphatic carbocycles. The third-order valence-electron chi connectivity index (χ3n) is 3.70. The van der Waals surface area contributed by atoms with Crippen molar-refractivity contribution in [3.05, 3.63) is 23.8 Å². The molecule has 82 valence electrons. The zero-order valence-electron chi connectivity index (χ0n) is 9.74. The molecule has 0 amide bonds. The second-order valence-electron chi connectivity index (χ2n) is 4.59. The molecule has 15 heavy (non-hydrogen) atoms. The molecular weight excluding hydrogens is 184 g/mol. The Hall–Kier alpha value is -0.920. The van der Waals surface area contributed by atoms with Gasteiger partial charge in [0.1, 0.15) is 0 Å². The molecule has 1 saturated carbocycles. The summed E-state index contributed by atoms with van der Waals surface area (Å²) in [6.45, 7) is 4.39. The molecule has 2 atom stereocenters. The van der Waals surface area contributed by atoms with E-state index in [1.165, 1.54) is 37.8 Å². The lowest BCUT2D eigenvalue weighted by atomic mass is 9.75. The van der Waals surface area contributed by atoms with Gasteiger partial charge in [0.05, 0.1) is 11.4 Å². The predicted molar refractivity (Wildman–Crippen MR) is 61.8 cm³/mol. The zero-order valence-corrected chi connectivity index (χ0v) is 9.74. The Labute approximate surface area is 92.1 Å². The minimum absolute atomic E-state index is 0.664. The van der Waals surface area contributed by atoms with Crippen LogP contribution in [0.15, 0.2) is 12.4 Å². The number of hydrogen-bond acceptors (Lipinski definition) is 2. The first-order valence-corrected chi connectivity index (χ1v) is 6.10. The van der Waals surface area contributed by atoms with Gasteiger partial charge in [0.25, 0.3) is 0 Å². The first-order valence-electron chi connectivity index (χ1n) is 6.10. The average Bonchev–Trinajstić information content (AvgIpc) is 2.30. The first kappa shape index (κ1) is 10.6. The van der Waals surface area contributed by atoms with Crippen molar-refractivity contribution in [1.29, 1.82) is 0 Å². The van der Waals surface area contributed by atoms with Crippen molar-refractivity contribution in [2.24, 2.45) is 5.92 Å². The van der Waals surface area contributed by atoms with Crippen LogP contribution < -0.4 is 0 Å². The summed E-state index contributed by atoms with van der Waals surface area (Å²) >= 11 is 0. The van der Waals surface area contributed by atoms with E-state index in [4.69, 9.17) is 0 Å². The number of hydrogen-bond donors (Lipinski definition) is 0. The molecule has 2 nitrogen and oxygen atoms in total. The van der Waals surface area contributed by atoms with Gasteiger partial charge in [0.2, 0.25) is 0 Å². The van der Waals surface area contributed by atoms with Crippen LogP contribution in [0.1, 0.15) is 56.3 Å². The van der Waals surface area contributed by atoms with Crippen molar-refractivity contribution in [1.82, 2.24) is 9.97 Å². The minimum Gasteiger partial charge on any atom is -0.258 e. The summed E-state index contributed by atoms with van der Waals surface area (Å²) < 4.78 is 0. The van der Waals surface area contributed by atoms with Crippen LogP contribution in [-0.4, -0.2) is 9.97 Å². The van der Waals surface area contributed by atoms with E-state index in [0.717, 1.165) is 11.6 Å². The second kappa shape index (κ2) is 4.73.